The van der Waals surface area contributed by atoms with Crippen LogP contribution in [0.5, 0.6) is 0 Å². The monoisotopic (exact) mass is 212 g/mol. The van der Waals surface area contributed by atoms with E-state index >= 15 is 0 Å². The second-order valence-corrected chi connectivity index (χ2v) is 5.06. The summed E-state index contributed by atoms with van der Waals surface area (Å²) in [5.74, 6) is 0. The molecule has 0 spiro atoms. The first-order chi connectivity index (χ1) is 7.00. The third-order valence-corrected chi connectivity index (χ3v) is 3.24. The van der Waals surface area contributed by atoms with Crippen LogP contribution in [0.25, 0.3) is 0 Å². The molecule has 2 saturated heterocycles. The van der Waals surface area contributed by atoms with Gasteiger partial charge in [-0.1, -0.05) is 0 Å². The van der Waals surface area contributed by atoms with E-state index in [-0.39, 0.29) is 11.6 Å². The van der Waals surface area contributed by atoms with Gasteiger partial charge in [0.15, 0.2) is 0 Å². The first-order valence-electron chi connectivity index (χ1n) is 5.52. The Morgan fingerprint density at radius 3 is 2.20 bits per heavy atom. The fourth-order valence-electron chi connectivity index (χ4n) is 1.94. The molecule has 2 aliphatic rings. The molecule has 2 aliphatic heterocycles. The molecule has 15 heavy (non-hydrogen) atoms. The SMILES string of the molecule is CN1CCN(C(=O)N2NCC2(C)C)CC1. The summed E-state index contributed by atoms with van der Waals surface area (Å²) >= 11 is 0. The van der Waals surface area contributed by atoms with Gasteiger partial charge in [0.05, 0.1) is 5.54 Å². The summed E-state index contributed by atoms with van der Waals surface area (Å²) in [6, 6.07) is 0.124. The molecule has 0 unspecified atom stereocenters. The summed E-state index contributed by atoms with van der Waals surface area (Å²) in [4.78, 5) is 16.2. The van der Waals surface area contributed by atoms with Gasteiger partial charge in [-0.25, -0.2) is 10.2 Å². The molecule has 5 heteroatoms. The Labute approximate surface area is 91.0 Å². The molecule has 0 saturated carbocycles. The van der Waals surface area contributed by atoms with Crippen LogP contribution in [0.2, 0.25) is 0 Å². The molecule has 0 aliphatic carbocycles. The van der Waals surface area contributed by atoms with Gasteiger partial charge < -0.3 is 9.80 Å². The number of piperazine rings is 1. The Balaban J connectivity index is 1.91. The van der Waals surface area contributed by atoms with E-state index in [0.717, 1.165) is 32.7 Å². The Hall–Kier alpha value is -0.810. The van der Waals surface area contributed by atoms with Crippen molar-refractivity contribution < 1.29 is 4.79 Å². The van der Waals surface area contributed by atoms with Crippen molar-refractivity contribution in [2.75, 3.05) is 39.8 Å². The lowest BCUT2D eigenvalue weighted by Crippen LogP contribution is -2.73. The van der Waals surface area contributed by atoms with Gasteiger partial charge in [0, 0.05) is 32.7 Å². The van der Waals surface area contributed by atoms with E-state index in [1.807, 2.05) is 4.90 Å². The van der Waals surface area contributed by atoms with E-state index in [1.165, 1.54) is 0 Å². The predicted octanol–water partition coefficient (Wildman–Crippen LogP) is -0.0474. The number of hydrogen-bond acceptors (Lipinski definition) is 3. The molecule has 0 aromatic carbocycles. The summed E-state index contributed by atoms with van der Waals surface area (Å²) in [6.45, 7) is 8.66. The second-order valence-electron chi connectivity index (χ2n) is 5.06. The molecule has 2 heterocycles. The minimum Gasteiger partial charge on any atom is -0.321 e. The topological polar surface area (TPSA) is 38.8 Å². The van der Waals surface area contributed by atoms with Crippen molar-refractivity contribution in [3.63, 3.8) is 0 Å². The largest absolute Gasteiger partial charge is 0.334 e. The first kappa shape index (κ1) is 10.7. The van der Waals surface area contributed by atoms with Gasteiger partial charge in [-0.15, -0.1) is 0 Å². The van der Waals surface area contributed by atoms with Crippen LogP contribution in [-0.2, 0) is 0 Å². The zero-order chi connectivity index (χ0) is 11.1. The van der Waals surface area contributed by atoms with Crippen molar-refractivity contribution in [1.82, 2.24) is 20.2 Å². The van der Waals surface area contributed by atoms with Crippen molar-refractivity contribution in [3.05, 3.63) is 0 Å². The highest BCUT2D eigenvalue weighted by molar-refractivity contribution is 5.75. The predicted molar refractivity (Wildman–Crippen MR) is 58.4 cm³/mol. The average Bonchev–Trinajstić information content (AvgIpc) is 2.17. The number of nitrogens with one attached hydrogen (secondary N) is 1. The highest BCUT2D eigenvalue weighted by atomic mass is 16.2. The number of rotatable bonds is 0. The molecule has 1 N–H and O–H groups in total. The molecule has 2 amide bonds. The summed E-state index contributed by atoms with van der Waals surface area (Å²) in [7, 11) is 2.09. The summed E-state index contributed by atoms with van der Waals surface area (Å²) in [5, 5.41) is 1.75. The van der Waals surface area contributed by atoms with E-state index in [2.05, 4.69) is 31.2 Å². The number of hydrazine groups is 1. The van der Waals surface area contributed by atoms with E-state index < -0.39 is 0 Å². The number of carbonyl (C=O) groups excluding carboxylic acids is 1. The molecule has 2 fully saturated rings. The maximum absolute atomic E-state index is 12.1. The van der Waals surface area contributed by atoms with E-state index in [1.54, 1.807) is 5.01 Å². The van der Waals surface area contributed by atoms with Crippen LogP contribution < -0.4 is 5.43 Å². The maximum Gasteiger partial charge on any atom is 0.334 e. The van der Waals surface area contributed by atoms with Crippen LogP contribution in [0.4, 0.5) is 4.79 Å². The number of carbonyl (C=O) groups is 1. The third-order valence-electron chi connectivity index (χ3n) is 3.24. The van der Waals surface area contributed by atoms with Gasteiger partial charge in [-0.05, 0) is 20.9 Å². The van der Waals surface area contributed by atoms with Crippen LogP contribution in [0, 0.1) is 0 Å². The normalized spacial score (nSPS) is 26.3. The molecule has 0 aromatic rings. The lowest BCUT2D eigenvalue weighted by Gasteiger charge is -2.50. The van der Waals surface area contributed by atoms with Crippen LogP contribution in [0.1, 0.15) is 13.8 Å². The van der Waals surface area contributed by atoms with Gasteiger partial charge in [0.25, 0.3) is 0 Å². The van der Waals surface area contributed by atoms with Gasteiger partial charge >= 0.3 is 6.03 Å². The van der Waals surface area contributed by atoms with E-state index in [4.69, 9.17) is 0 Å². The Kier molecular flexibility index (Phi) is 2.60. The smallest absolute Gasteiger partial charge is 0.321 e. The quantitative estimate of drug-likeness (QED) is 0.612. The fourth-order valence-corrected chi connectivity index (χ4v) is 1.94. The number of likely N-dealkylation sites (N-methyl/N-ethyl adjacent to an activating group) is 1. The number of amides is 2. The number of urea groups is 1. The number of nitrogens with zero attached hydrogens (tertiary/aromatic N) is 3. The minimum absolute atomic E-state index is 0.0273. The van der Waals surface area contributed by atoms with Gasteiger partial charge in [-0.2, -0.15) is 0 Å². The van der Waals surface area contributed by atoms with Crippen molar-refractivity contribution in [2.24, 2.45) is 0 Å². The summed E-state index contributed by atoms with van der Waals surface area (Å²) in [5.41, 5.74) is 3.05. The molecular weight excluding hydrogens is 192 g/mol. The van der Waals surface area contributed by atoms with E-state index in [0.29, 0.717) is 0 Å². The second kappa shape index (κ2) is 3.64. The molecule has 2 rings (SSSR count). The molecule has 86 valence electrons. The highest BCUT2D eigenvalue weighted by Gasteiger charge is 2.41. The van der Waals surface area contributed by atoms with Gasteiger partial charge in [0.1, 0.15) is 0 Å². The Bertz CT molecular complexity index is 258. The maximum atomic E-state index is 12.1. The Morgan fingerprint density at radius 1 is 1.20 bits per heavy atom. The number of hydrogen-bond donors (Lipinski definition) is 1. The van der Waals surface area contributed by atoms with Crippen LogP contribution >= 0.6 is 0 Å². The van der Waals surface area contributed by atoms with Crippen molar-refractivity contribution in [2.45, 2.75) is 19.4 Å². The van der Waals surface area contributed by atoms with Gasteiger partial charge in [0.2, 0.25) is 0 Å². The Morgan fingerprint density at radius 2 is 1.80 bits per heavy atom. The van der Waals surface area contributed by atoms with Gasteiger partial charge in [-0.3, -0.25) is 5.01 Å². The zero-order valence-electron chi connectivity index (χ0n) is 9.79. The van der Waals surface area contributed by atoms with Crippen LogP contribution in [0.3, 0.4) is 0 Å². The molecular formula is C10H20N4O. The first-order valence-corrected chi connectivity index (χ1v) is 5.52. The molecule has 0 radical (unpaired) electrons. The molecule has 5 nitrogen and oxygen atoms in total. The van der Waals surface area contributed by atoms with Crippen molar-refractivity contribution >= 4 is 6.03 Å². The van der Waals surface area contributed by atoms with Crippen molar-refractivity contribution in [3.8, 4) is 0 Å². The lowest BCUT2D eigenvalue weighted by atomic mass is 10.0. The van der Waals surface area contributed by atoms with Crippen molar-refractivity contribution in [1.29, 1.82) is 0 Å². The third kappa shape index (κ3) is 1.94. The van der Waals surface area contributed by atoms with Crippen LogP contribution in [-0.4, -0.2) is 66.2 Å². The zero-order valence-corrected chi connectivity index (χ0v) is 9.79. The highest BCUT2D eigenvalue weighted by Crippen LogP contribution is 2.21. The molecule has 0 aromatic heterocycles. The molecule has 0 atom stereocenters. The lowest BCUT2D eigenvalue weighted by molar-refractivity contribution is -0.0175. The van der Waals surface area contributed by atoms with E-state index in [9.17, 15) is 4.79 Å². The summed E-state index contributed by atoms with van der Waals surface area (Å²) < 4.78 is 0. The standard InChI is InChI=1S/C10H20N4O/c1-10(2)8-11-14(10)9(15)13-6-4-12(3)5-7-13/h11H,4-8H2,1-3H3. The van der Waals surface area contributed by atoms with Crippen LogP contribution in [0.15, 0.2) is 0 Å². The fraction of sp³-hybridized carbons (Fsp3) is 0.900. The minimum atomic E-state index is -0.0273. The summed E-state index contributed by atoms with van der Waals surface area (Å²) in [6.07, 6.45) is 0. The average molecular weight is 212 g/mol. The molecule has 0 bridgehead atoms.